The number of ether oxygens (including phenoxy) is 3. The van der Waals surface area contributed by atoms with Crippen molar-refractivity contribution in [2.75, 3.05) is 32.9 Å². The Morgan fingerprint density at radius 2 is 1.76 bits per heavy atom. The second-order valence-electron chi connectivity index (χ2n) is 7.23. The molecule has 2 amide bonds. The summed E-state index contributed by atoms with van der Waals surface area (Å²) in [7, 11) is 0. The van der Waals surface area contributed by atoms with Gasteiger partial charge < -0.3 is 24.8 Å². The van der Waals surface area contributed by atoms with E-state index in [0.29, 0.717) is 55.4 Å². The molecule has 0 saturated heterocycles. The van der Waals surface area contributed by atoms with Gasteiger partial charge in [0.2, 0.25) is 5.91 Å². The molecule has 2 atom stereocenters. The van der Waals surface area contributed by atoms with Crippen molar-refractivity contribution in [1.29, 1.82) is 0 Å². The van der Waals surface area contributed by atoms with Gasteiger partial charge in [-0.05, 0) is 50.8 Å². The number of carbonyl (C=O) groups is 2. The average molecular weight is 407 g/mol. The Bertz CT molecular complexity index is 665. The van der Waals surface area contributed by atoms with Crippen molar-refractivity contribution in [3.63, 3.8) is 0 Å². The van der Waals surface area contributed by atoms with E-state index in [1.807, 2.05) is 13.8 Å². The molecule has 0 spiro atoms. The highest BCUT2D eigenvalue weighted by molar-refractivity contribution is 5.97. The summed E-state index contributed by atoms with van der Waals surface area (Å²) < 4.78 is 16.9. The summed E-state index contributed by atoms with van der Waals surface area (Å²) >= 11 is 0. The topological polar surface area (TPSA) is 85.9 Å². The van der Waals surface area contributed by atoms with E-state index in [4.69, 9.17) is 14.2 Å². The van der Waals surface area contributed by atoms with Crippen molar-refractivity contribution < 1.29 is 23.8 Å². The predicted molar refractivity (Wildman–Crippen MR) is 111 cm³/mol. The fraction of sp³-hybridized carbons (Fsp3) is 0.636. The van der Waals surface area contributed by atoms with Gasteiger partial charge in [0.15, 0.2) is 11.5 Å². The van der Waals surface area contributed by atoms with Crippen LogP contribution in [0.25, 0.3) is 0 Å². The SMILES string of the molecule is CCOc1ccc(C(=O)NCC(=O)NCCOC2CCCCC2C)cc1OCC. The molecular weight excluding hydrogens is 372 g/mol. The van der Waals surface area contributed by atoms with Gasteiger partial charge in [-0.15, -0.1) is 0 Å². The molecule has 1 aromatic rings. The first-order valence-corrected chi connectivity index (χ1v) is 10.6. The van der Waals surface area contributed by atoms with Crippen LogP contribution in [-0.4, -0.2) is 50.8 Å². The van der Waals surface area contributed by atoms with Gasteiger partial charge in [-0.2, -0.15) is 0 Å². The number of benzene rings is 1. The molecular formula is C22H34N2O5. The molecule has 7 nitrogen and oxygen atoms in total. The summed E-state index contributed by atoms with van der Waals surface area (Å²) in [5.41, 5.74) is 0.416. The zero-order chi connectivity index (χ0) is 21.1. The summed E-state index contributed by atoms with van der Waals surface area (Å²) in [6, 6.07) is 4.98. The summed E-state index contributed by atoms with van der Waals surface area (Å²) in [6.45, 7) is 7.79. The van der Waals surface area contributed by atoms with Gasteiger partial charge in [-0.3, -0.25) is 9.59 Å². The van der Waals surface area contributed by atoms with Crippen LogP contribution in [0.2, 0.25) is 0 Å². The first kappa shape index (κ1) is 23.0. The maximum Gasteiger partial charge on any atom is 0.251 e. The van der Waals surface area contributed by atoms with E-state index in [0.717, 1.165) is 6.42 Å². The Hall–Kier alpha value is -2.28. The standard InChI is InChI=1S/C22H34N2O5/c1-4-27-19-11-10-17(14-20(19)28-5-2)22(26)24-15-21(25)23-12-13-29-18-9-7-6-8-16(18)3/h10-11,14,16,18H,4-9,12-13,15H2,1-3H3,(H,23,25)(H,24,26). The molecule has 162 valence electrons. The molecule has 2 unspecified atom stereocenters. The van der Waals surface area contributed by atoms with Gasteiger partial charge in [-0.1, -0.05) is 19.8 Å². The molecule has 7 heteroatoms. The van der Waals surface area contributed by atoms with E-state index in [-0.39, 0.29) is 18.4 Å². The van der Waals surface area contributed by atoms with Gasteiger partial charge in [0, 0.05) is 12.1 Å². The lowest BCUT2D eigenvalue weighted by Gasteiger charge is -2.28. The van der Waals surface area contributed by atoms with Crippen molar-refractivity contribution in [2.45, 2.75) is 52.6 Å². The molecule has 1 aliphatic rings. The quantitative estimate of drug-likeness (QED) is 0.552. The van der Waals surface area contributed by atoms with E-state index >= 15 is 0 Å². The first-order chi connectivity index (χ1) is 14.0. The molecule has 0 radical (unpaired) electrons. The van der Waals surface area contributed by atoms with Crippen molar-refractivity contribution >= 4 is 11.8 Å². The van der Waals surface area contributed by atoms with Crippen LogP contribution < -0.4 is 20.1 Å². The lowest BCUT2D eigenvalue weighted by Crippen LogP contribution is -2.39. The smallest absolute Gasteiger partial charge is 0.251 e. The minimum absolute atomic E-state index is 0.0875. The molecule has 0 heterocycles. The molecule has 29 heavy (non-hydrogen) atoms. The van der Waals surface area contributed by atoms with Crippen molar-refractivity contribution in [3.8, 4) is 11.5 Å². The van der Waals surface area contributed by atoms with Crippen LogP contribution in [0.1, 0.15) is 56.8 Å². The number of nitrogens with one attached hydrogen (secondary N) is 2. The Balaban J connectivity index is 1.72. The molecule has 1 aromatic carbocycles. The highest BCUT2D eigenvalue weighted by Crippen LogP contribution is 2.28. The van der Waals surface area contributed by atoms with Crippen molar-refractivity contribution in [2.24, 2.45) is 5.92 Å². The largest absolute Gasteiger partial charge is 0.490 e. The van der Waals surface area contributed by atoms with Gasteiger partial charge >= 0.3 is 0 Å². The molecule has 2 rings (SSSR count). The fourth-order valence-corrected chi connectivity index (χ4v) is 3.45. The molecule has 0 bridgehead atoms. The van der Waals surface area contributed by atoms with Crippen LogP contribution in [0.5, 0.6) is 11.5 Å². The maximum absolute atomic E-state index is 12.3. The third-order valence-electron chi connectivity index (χ3n) is 5.00. The van der Waals surface area contributed by atoms with Gasteiger partial charge in [-0.25, -0.2) is 0 Å². The third-order valence-corrected chi connectivity index (χ3v) is 5.00. The molecule has 0 aliphatic heterocycles. The van der Waals surface area contributed by atoms with Crippen molar-refractivity contribution in [3.05, 3.63) is 23.8 Å². The van der Waals surface area contributed by atoms with Gasteiger partial charge in [0.25, 0.3) is 5.91 Å². The van der Waals surface area contributed by atoms with E-state index in [1.165, 1.54) is 19.3 Å². The zero-order valence-corrected chi connectivity index (χ0v) is 17.8. The molecule has 2 N–H and O–H groups in total. The van der Waals surface area contributed by atoms with Crippen LogP contribution in [0, 0.1) is 5.92 Å². The number of amides is 2. The highest BCUT2D eigenvalue weighted by atomic mass is 16.5. The van der Waals surface area contributed by atoms with Crippen molar-refractivity contribution in [1.82, 2.24) is 10.6 Å². The van der Waals surface area contributed by atoms with Crippen LogP contribution in [0.15, 0.2) is 18.2 Å². The number of hydrogen-bond acceptors (Lipinski definition) is 5. The number of carbonyl (C=O) groups excluding carboxylic acids is 2. The minimum Gasteiger partial charge on any atom is -0.490 e. The molecule has 1 aliphatic carbocycles. The Morgan fingerprint density at radius 1 is 1.03 bits per heavy atom. The van der Waals surface area contributed by atoms with E-state index < -0.39 is 0 Å². The summed E-state index contributed by atoms with van der Waals surface area (Å²) in [6.07, 6.45) is 5.08. The lowest BCUT2D eigenvalue weighted by molar-refractivity contribution is -0.120. The average Bonchev–Trinajstić information content (AvgIpc) is 2.72. The fourth-order valence-electron chi connectivity index (χ4n) is 3.45. The normalized spacial score (nSPS) is 18.7. The summed E-state index contributed by atoms with van der Waals surface area (Å²) in [4.78, 5) is 24.3. The molecule has 0 aromatic heterocycles. The Morgan fingerprint density at radius 3 is 2.48 bits per heavy atom. The van der Waals surface area contributed by atoms with E-state index in [9.17, 15) is 9.59 Å². The first-order valence-electron chi connectivity index (χ1n) is 10.6. The Kier molecular flexibility index (Phi) is 9.77. The predicted octanol–water partition coefficient (Wildman–Crippen LogP) is 2.93. The summed E-state index contributed by atoms with van der Waals surface area (Å²) in [5, 5.41) is 5.41. The highest BCUT2D eigenvalue weighted by Gasteiger charge is 2.21. The molecule has 1 saturated carbocycles. The van der Waals surface area contributed by atoms with Gasteiger partial charge in [0.05, 0.1) is 32.5 Å². The number of hydrogen-bond donors (Lipinski definition) is 2. The molecule has 1 fully saturated rings. The van der Waals surface area contributed by atoms with Crippen LogP contribution in [0.3, 0.4) is 0 Å². The summed E-state index contributed by atoms with van der Waals surface area (Å²) in [5.74, 6) is 1.11. The zero-order valence-electron chi connectivity index (χ0n) is 17.8. The minimum atomic E-state index is -0.337. The third kappa shape index (κ3) is 7.57. The van der Waals surface area contributed by atoms with Crippen LogP contribution in [-0.2, 0) is 9.53 Å². The lowest BCUT2D eigenvalue weighted by atomic mass is 9.88. The second-order valence-corrected chi connectivity index (χ2v) is 7.23. The maximum atomic E-state index is 12.3. The van der Waals surface area contributed by atoms with E-state index in [1.54, 1.807) is 18.2 Å². The monoisotopic (exact) mass is 406 g/mol. The Labute approximate surface area is 173 Å². The van der Waals surface area contributed by atoms with Crippen LogP contribution >= 0.6 is 0 Å². The van der Waals surface area contributed by atoms with Gasteiger partial charge in [0.1, 0.15) is 0 Å². The van der Waals surface area contributed by atoms with E-state index in [2.05, 4.69) is 17.6 Å². The number of rotatable bonds is 11. The van der Waals surface area contributed by atoms with Crippen LogP contribution in [0.4, 0.5) is 0 Å². The second kappa shape index (κ2) is 12.3.